The first-order valence-corrected chi connectivity index (χ1v) is 11.2. The molecule has 2 aliphatic rings. The van der Waals surface area contributed by atoms with E-state index in [9.17, 15) is 8.78 Å². The summed E-state index contributed by atoms with van der Waals surface area (Å²) in [5.41, 5.74) is 3.04. The number of pyridine rings is 1. The number of halogens is 2. The molecule has 5 nitrogen and oxygen atoms in total. The van der Waals surface area contributed by atoms with Crippen LogP contribution < -0.4 is 4.31 Å². The van der Waals surface area contributed by atoms with Gasteiger partial charge in [-0.3, -0.25) is 4.98 Å². The van der Waals surface area contributed by atoms with Gasteiger partial charge < -0.3 is 4.31 Å². The van der Waals surface area contributed by atoms with Gasteiger partial charge in [-0.25, -0.2) is 14.0 Å². The summed E-state index contributed by atoms with van der Waals surface area (Å²) in [5.74, 6) is 2.39. The van der Waals surface area contributed by atoms with Crippen molar-refractivity contribution in [2.75, 3.05) is 4.31 Å². The molecule has 4 rings (SSSR count). The summed E-state index contributed by atoms with van der Waals surface area (Å²) >= 11 is 1.82. The summed E-state index contributed by atoms with van der Waals surface area (Å²) in [6.07, 6.45) is 3.15. The Morgan fingerprint density at radius 3 is 2.52 bits per heavy atom. The minimum Gasteiger partial charge on any atom is -0.310 e. The Hall–Kier alpha value is -2.73. The van der Waals surface area contributed by atoms with Gasteiger partial charge in [-0.2, -0.15) is 10.2 Å². The SMILES string of the molecule is N#CB1CCC(SN(Cc2ccc(C3=NN=C(C(F)F)C3)cn2)c2ccccc2)CC1. The molecule has 0 atom stereocenters. The monoisotopic (exact) mass is 437 g/mol. The summed E-state index contributed by atoms with van der Waals surface area (Å²) in [4.78, 5) is 4.56. The number of nitrogens with zero attached hydrogens (tertiary/aromatic N) is 5. The van der Waals surface area contributed by atoms with Crippen molar-refractivity contribution >= 4 is 35.8 Å². The summed E-state index contributed by atoms with van der Waals surface area (Å²) < 4.78 is 27.8. The van der Waals surface area contributed by atoms with Crippen LogP contribution in [0.5, 0.6) is 0 Å². The first-order chi connectivity index (χ1) is 15.1. The molecule has 31 heavy (non-hydrogen) atoms. The third kappa shape index (κ3) is 5.50. The van der Waals surface area contributed by atoms with Crippen molar-refractivity contribution in [2.45, 2.75) is 50.1 Å². The van der Waals surface area contributed by atoms with Crippen molar-refractivity contribution in [2.24, 2.45) is 10.2 Å². The highest BCUT2D eigenvalue weighted by Crippen LogP contribution is 2.35. The Balaban J connectivity index is 1.43. The van der Waals surface area contributed by atoms with Crippen molar-refractivity contribution in [3.05, 3.63) is 59.9 Å². The molecule has 0 saturated carbocycles. The second kappa shape index (κ2) is 10.1. The van der Waals surface area contributed by atoms with Gasteiger partial charge in [0.05, 0.1) is 18.0 Å². The molecule has 3 heterocycles. The van der Waals surface area contributed by atoms with E-state index in [0.717, 1.165) is 42.4 Å². The van der Waals surface area contributed by atoms with E-state index in [1.54, 1.807) is 6.20 Å². The maximum absolute atomic E-state index is 12.8. The molecule has 2 aliphatic heterocycles. The molecule has 0 radical (unpaired) electrons. The molecule has 9 heteroatoms. The van der Waals surface area contributed by atoms with Gasteiger partial charge in [0.15, 0.2) is 0 Å². The number of benzene rings is 1. The van der Waals surface area contributed by atoms with Crippen LogP contribution in [0, 0.1) is 11.2 Å². The molecule has 1 saturated heterocycles. The molecule has 0 aliphatic carbocycles. The molecule has 1 fully saturated rings. The first-order valence-electron chi connectivity index (χ1n) is 10.4. The maximum Gasteiger partial charge on any atom is 0.278 e. The number of hydrogen-bond donors (Lipinski definition) is 0. The van der Waals surface area contributed by atoms with Crippen LogP contribution in [0.4, 0.5) is 14.5 Å². The van der Waals surface area contributed by atoms with E-state index in [4.69, 9.17) is 5.26 Å². The lowest BCUT2D eigenvalue weighted by Gasteiger charge is -2.30. The van der Waals surface area contributed by atoms with E-state index in [0.29, 0.717) is 17.5 Å². The van der Waals surface area contributed by atoms with E-state index >= 15 is 0 Å². The van der Waals surface area contributed by atoms with Gasteiger partial charge in [-0.05, 0) is 49.1 Å². The van der Waals surface area contributed by atoms with E-state index in [1.807, 2.05) is 42.3 Å². The van der Waals surface area contributed by atoms with E-state index in [-0.39, 0.29) is 18.8 Å². The average molecular weight is 437 g/mol. The number of aromatic nitrogens is 1. The van der Waals surface area contributed by atoms with Gasteiger partial charge >= 0.3 is 0 Å². The number of para-hydroxylation sites is 1. The van der Waals surface area contributed by atoms with Gasteiger partial charge in [-0.15, -0.1) is 0 Å². The molecule has 0 bridgehead atoms. The molecule has 0 amide bonds. The van der Waals surface area contributed by atoms with Crippen LogP contribution >= 0.6 is 11.9 Å². The topological polar surface area (TPSA) is 64.6 Å². The van der Waals surface area contributed by atoms with Crippen LogP contribution in [0.15, 0.2) is 58.9 Å². The smallest absolute Gasteiger partial charge is 0.278 e. The zero-order valence-corrected chi connectivity index (χ0v) is 17.8. The summed E-state index contributed by atoms with van der Waals surface area (Å²) in [7, 11) is 0. The average Bonchev–Trinajstić information content (AvgIpc) is 3.31. The predicted octanol–water partition coefficient (Wildman–Crippen LogP) is 5.27. The molecule has 0 N–H and O–H groups in total. The number of hydrogen-bond acceptors (Lipinski definition) is 6. The second-order valence-corrected chi connectivity index (χ2v) is 9.05. The summed E-state index contributed by atoms with van der Waals surface area (Å²) in [5, 5.41) is 17.1. The van der Waals surface area contributed by atoms with E-state index < -0.39 is 6.43 Å². The zero-order valence-electron chi connectivity index (χ0n) is 17.0. The number of rotatable bonds is 7. The third-order valence-corrected chi connectivity index (χ3v) is 6.90. The van der Waals surface area contributed by atoms with Crippen LogP contribution in [0.25, 0.3) is 0 Å². The molecule has 2 aromatic rings. The lowest BCUT2D eigenvalue weighted by atomic mass is 9.43. The van der Waals surface area contributed by atoms with Crippen molar-refractivity contribution in [3.8, 4) is 5.97 Å². The van der Waals surface area contributed by atoms with Gasteiger partial charge in [0.25, 0.3) is 13.1 Å². The third-order valence-electron chi connectivity index (χ3n) is 5.54. The summed E-state index contributed by atoms with van der Waals surface area (Å²) in [6, 6.07) is 14.0. The Labute approximate surface area is 185 Å². The van der Waals surface area contributed by atoms with Gasteiger partial charge in [0.1, 0.15) is 5.71 Å². The van der Waals surface area contributed by atoms with Crippen molar-refractivity contribution in [3.63, 3.8) is 0 Å². The Bertz CT molecular complexity index is 983. The standard InChI is InChI=1S/C22H22BF2N5S/c24-22(25)21-12-20(28-29-21)16-6-7-17(27-13-16)14-30(18-4-2-1-3-5-18)31-19-8-10-23(15-26)11-9-19/h1-7,13,19,22H,8-12,14H2. The van der Waals surface area contributed by atoms with E-state index in [2.05, 4.69) is 37.6 Å². The number of alkyl halides is 2. The molecule has 1 aromatic heterocycles. The maximum atomic E-state index is 12.8. The quantitative estimate of drug-likeness (QED) is 0.437. The van der Waals surface area contributed by atoms with E-state index in [1.165, 1.54) is 0 Å². The lowest BCUT2D eigenvalue weighted by Crippen LogP contribution is -2.26. The fourth-order valence-corrected chi connectivity index (χ4v) is 5.04. The Kier molecular flexibility index (Phi) is 6.98. The highest BCUT2D eigenvalue weighted by atomic mass is 32.2. The van der Waals surface area contributed by atoms with Crippen molar-refractivity contribution in [1.82, 2.24) is 4.98 Å². The van der Waals surface area contributed by atoms with Crippen LogP contribution in [-0.4, -0.2) is 34.8 Å². The first kappa shape index (κ1) is 21.5. The fourth-order valence-electron chi connectivity index (χ4n) is 3.74. The molecule has 158 valence electrons. The lowest BCUT2D eigenvalue weighted by molar-refractivity contribution is 0.224. The Morgan fingerprint density at radius 2 is 1.90 bits per heavy atom. The van der Waals surface area contributed by atoms with Gasteiger partial charge in [0.2, 0.25) is 0 Å². The molecule has 0 spiro atoms. The molecular formula is C22H22BF2N5S. The fraction of sp³-hybridized carbons (Fsp3) is 0.364. The minimum atomic E-state index is -2.58. The van der Waals surface area contributed by atoms with Crippen LogP contribution in [-0.2, 0) is 6.54 Å². The van der Waals surface area contributed by atoms with Crippen molar-refractivity contribution in [1.29, 1.82) is 5.26 Å². The van der Waals surface area contributed by atoms with Gasteiger partial charge in [0, 0.05) is 35.1 Å². The molecule has 0 unspecified atom stereocenters. The summed E-state index contributed by atoms with van der Waals surface area (Å²) in [6.45, 7) is 0.808. The highest BCUT2D eigenvalue weighted by molar-refractivity contribution is 8.01. The normalized spacial score (nSPS) is 16.8. The minimum absolute atomic E-state index is 0.0655. The number of nitriles is 1. The Morgan fingerprint density at radius 1 is 1.13 bits per heavy atom. The van der Waals surface area contributed by atoms with Crippen LogP contribution in [0.2, 0.25) is 12.6 Å². The van der Waals surface area contributed by atoms with Crippen molar-refractivity contribution < 1.29 is 8.78 Å². The number of anilines is 1. The zero-order chi connectivity index (χ0) is 21.6. The predicted molar refractivity (Wildman–Crippen MR) is 123 cm³/mol. The van der Waals surface area contributed by atoms with Gasteiger partial charge in [-0.1, -0.05) is 30.8 Å². The molecule has 1 aromatic carbocycles. The van der Waals surface area contributed by atoms with Crippen LogP contribution in [0.3, 0.4) is 0 Å². The van der Waals surface area contributed by atoms with Crippen LogP contribution in [0.1, 0.15) is 30.5 Å². The second-order valence-electron chi connectivity index (χ2n) is 7.73. The highest BCUT2D eigenvalue weighted by Gasteiger charge is 2.27. The largest absolute Gasteiger partial charge is 0.310 e. The molecular weight excluding hydrogens is 415 g/mol.